The lowest BCUT2D eigenvalue weighted by molar-refractivity contribution is -0.140. The van der Waals surface area contributed by atoms with E-state index in [-0.39, 0.29) is 23.8 Å². The lowest BCUT2D eigenvalue weighted by atomic mass is 9.98. The normalized spacial score (nSPS) is 15.9. The molecule has 6 heteroatoms. The number of aryl methyl sites for hydroxylation is 1. The van der Waals surface area contributed by atoms with E-state index in [4.69, 9.17) is 4.42 Å². The molecule has 0 spiro atoms. The monoisotopic (exact) mass is 345 g/mol. The molecule has 2 aromatic rings. The van der Waals surface area contributed by atoms with Gasteiger partial charge < -0.3 is 14.6 Å². The minimum absolute atomic E-state index is 0.00520. The number of nitrogens with one attached hydrogen (secondary N) is 1. The van der Waals surface area contributed by atoms with E-state index in [0.29, 0.717) is 17.6 Å². The van der Waals surface area contributed by atoms with Crippen molar-refractivity contribution in [2.24, 2.45) is 5.92 Å². The minimum atomic E-state index is -0.934. The fourth-order valence-corrected chi connectivity index (χ4v) is 3.54. The molecule has 0 bridgehead atoms. The predicted molar refractivity (Wildman–Crippen MR) is 93.9 cm³/mol. The molecule has 0 saturated heterocycles. The van der Waals surface area contributed by atoms with Crippen molar-refractivity contribution in [2.45, 2.75) is 52.1 Å². The Kier molecular flexibility index (Phi) is 4.81. The van der Waals surface area contributed by atoms with Crippen molar-refractivity contribution in [3.63, 3.8) is 0 Å². The Morgan fingerprint density at radius 1 is 1.32 bits per heavy atom. The van der Waals surface area contributed by atoms with Crippen molar-refractivity contribution in [1.82, 2.24) is 5.32 Å². The number of aliphatic carboxylic acids is 1. The van der Waals surface area contributed by atoms with E-state index in [1.807, 2.05) is 13.8 Å². The highest BCUT2D eigenvalue weighted by molar-refractivity contribution is 5.86. The van der Waals surface area contributed by atoms with Crippen molar-refractivity contribution >= 4 is 16.9 Å². The fourth-order valence-electron chi connectivity index (χ4n) is 3.54. The molecule has 1 heterocycles. The topological polar surface area (TPSA) is 99.8 Å². The molecule has 0 saturated carbocycles. The van der Waals surface area contributed by atoms with E-state index in [0.717, 1.165) is 35.8 Å². The molecule has 1 aromatic carbocycles. The van der Waals surface area contributed by atoms with Gasteiger partial charge in [0.05, 0.1) is 5.56 Å². The van der Waals surface area contributed by atoms with Crippen LogP contribution in [0.5, 0.6) is 5.75 Å². The second kappa shape index (κ2) is 6.88. The summed E-state index contributed by atoms with van der Waals surface area (Å²) in [4.78, 5) is 23.7. The second-order valence-electron chi connectivity index (χ2n) is 6.72. The van der Waals surface area contributed by atoms with Gasteiger partial charge in [-0.25, -0.2) is 4.79 Å². The van der Waals surface area contributed by atoms with Crippen LogP contribution in [-0.4, -0.2) is 22.2 Å². The highest BCUT2D eigenvalue weighted by Gasteiger charge is 2.25. The van der Waals surface area contributed by atoms with Gasteiger partial charge in [0, 0.05) is 17.5 Å². The molecule has 134 valence electrons. The Bertz CT molecular complexity index is 870. The van der Waals surface area contributed by atoms with Crippen LogP contribution in [0.4, 0.5) is 0 Å². The van der Waals surface area contributed by atoms with E-state index in [1.165, 1.54) is 0 Å². The average Bonchev–Trinajstić information content (AvgIpc) is 3.07. The average molecular weight is 345 g/mol. The Morgan fingerprint density at radius 3 is 2.72 bits per heavy atom. The molecule has 0 aliphatic heterocycles. The van der Waals surface area contributed by atoms with E-state index in [9.17, 15) is 19.8 Å². The van der Waals surface area contributed by atoms with Crippen LogP contribution in [0, 0.1) is 5.92 Å². The van der Waals surface area contributed by atoms with E-state index >= 15 is 0 Å². The van der Waals surface area contributed by atoms with Crippen LogP contribution in [0.15, 0.2) is 21.3 Å². The summed E-state index contributed by atoms with van der Waals surface area (Å²) in [5.74, 6) is -1.00. The van der Waals surface area contributed by atoms with Crippen molar-refractivity contribution in [1.29, 1.82) is 0 Å². The van der Waals surface area contributed by atoms with Crippen LogP contribution >= 0.6 is 0 Å². The highest BCUT2D eigenvalue weighted by Crippen LogP contribution is 2.33. The van der Waals surface area contributed by atoms with Crippen molar-refractivity contribution < 1.29 is 19.4 Å². The number of carboxylic acid groups (broad SMARTS) is 1. The number of phenols is 1. The third kappa shape index (κ3) is 3.14. The minimum Gasteiger partial charge on any atom is -0.507 e. The maximum atomic E-state index is 12.2. The third-order valence-corrected chi connectivity index (χ3v) is 5.20. The smallest absolute Gasteiger partial charge is 0.339 e. The molecule has 1 aromatic heterocycles. The summed E-state index contributed by atoms with van der Waals surface area (Å²) >= 11 is 0. The summed E-state index contributed by atoms with van der Waals surface area (Å²) < 4.78 is 5.49. The number of carboxylic acids is 1. The molecule has 2 atom stereocenters. The molecule has 0 radical (unpaired) electrons. The van der Waals surface area contributed by atoms with Gasteiger partial charge in [-0.05, 0) is 42.9 Å². The Hall–Kier alpha value is -2.34. The van der Waals surface area contributed by atoms with Crippen LogP contribution in [-0.2, 0) is 24.2 Å². The zero-order valence-electron chi connectivity index (χ0n) is 14.5. The first kappa shape index (κ1) is 17.5. The molecule has 1 aliphatic rings. The van der Waals surface area contributed by atoms with E-state index in [2.05, 4.69) is 5.32 Å². The fraction of sp³-hybridized carbons (Fsp3) is 0.474. The Labute approximate surface area is 145 Å². The zero-order valence-corrected chi connectivity index (χ0v) is 14.5. The second-order valence-corrected chi connectivity index (χ2v) is 6.72. The maximum Gasteiger partial charge on any atom is 0.339 e. The third-order valence-electron chi connectivity index (χ3n) is 5.20. The summed E-state index contributed by atoms with van der Waals surface area (Å²) in [6.07, 6.45) is 3.17. The van der Waals surface area contributed by atoms with Gasteiger partial charge in [-0.15, -0.1) is 0 Å². The van der Waals surface area contributed by atoms with Gasteiger partial charge >= 0.3 is 11.6 Å². The number of benzene rings is 1. The Balaban J connectivity index is 2.01. The molecule has 6 nitrogen and oxygen atoms in total. The summed E-state index contributed by atoms with van der Waals surface area (Å²) in [7, 11) is 0. The van der Waals surface area contributed by atoms with Crippen LogP contribution in [0.1, 0.15) is 43.4 Å². The molecular formula is C19H23NO5. The number of hydrogen-bond donors (Lipinski definition) is 3. The molecular weight excluding hydrogens is 322 g/mol. The van der Waals surface area contributed by atoms with Crippen LogP contribution < -0.4 is 10.9 Å². The molecule has 0 fully saturated rings. The molecule has 3 rings (SSSR count). The number of carbonyl (C=O) groups is 1. The summed E-state index contributed by atoms with van der Waals surface area (Å²) in [5.41, 5.74) is 2.14. The molecule has 3 N–H and O–H groups in total. The number of fused-ring (bicyclic) bond motifs is 3. The number of aromatic hydroxyl groups is 1. The summed E-state index contributed by atoms with van der Waals surface area (Å²) in [6.45, 7) is 3.91. The van der Waals surface area contributed by atoms with Crippen molar-refractivity contribution in [3.8, 4) is 5.75 Å². The summed E-state index contributed by atoms with van der Waals surface area (Å²) in [5, 5.41) is 23.5. The Morgan fingerprint density at radius 2 is 2.04 bits per heavy atom. The van der Waals surface area contributed by atoms with Gasteiger partial charge in [-0.3, -0.25) is 10.1 Å². The lowest BCUT2D eigenvalue weighted by Crippen LogP contribution is -2.41. The van der Waals surface area contributed by atoms with Crippen molar-refractivity contribution in [2.75, 3.05) is 0 Å². The number of hydrogen-bond acceptors (Lipinski definition) is 5. The van der Waals surface area contributed by atoms with Gasteiger partial charge in [-0.2, -0.15) is 0 Å². The first-order valence-electron chi connectivity index (χ1n) is 8.69. The SMILES string of the molecule is CCC(C)C(NCc1c(O)ccc2c3c(c(=O)oc12)CCC3)C(=O)O. The quantitative estimate of drug-likeness (QED) is 0.696. The predicted octanol–water partition coefficient (Wildman–Crippen LogP) is 2.58. The van der Waals surface area contributed by atoms with Gasteiger partial charge in [0.1, 0.15) is 17.4 Å². The van der Waals surface area contributed by atoms with Crippen LogP contribution in [0.3, 0.4) is 0 Å². The molecule has 1 aliphatic carbocycles. The first-order chi connectivity index (χ1) is 11.9. The molecule has 0 amide bonds. The van der Waals surface area contributed by atoms with Crippen molar-refractivity contribution in [3.05, 3.63) is 39.2 Å². The van der Waals surface area contributed by atoms with Gasteiger partial charge in [0.2, 0.25) is 0 Å². The van der Waals surface area contributed by atoms with E-state index in [1.54, 1.807) is 12.1 Å². The van der Waals surface area contributed by atoms with Crippen LogP contribution in [0.2, 0.25) is 0 Å². The molecule has 25 heavy (non-hydrogen) atoms. The van der Waals surface area contributed by atoms with Crippen LogP contribution in [0.25, 0.3) is 11.0 Å². The number of phenolic OH excluding ortho intramolecular Hbond substituents is 1. The molecule has 2 unspecified atom stereocenters. The number of rotatable bonds is 6. The lowest BCUT2D eigenvalue weighted by Gasteiger charge is -2.21. The highest BCUT2D eigenvalue weighted by atomic mass is 16.4. The van der Waals surface area contributed by atoms with Gasteiger partial charge in [0.15, 0.2) is 0 Å². The van der Waals surface area contributed by atoms with E-state index < -0.39 is 12.0 Å². The largest absolute Gasteiger partial charge is 0.507 e. The summed E-state index contributed by atoms with van der Waals surface area (Å²) in [6, 6.07) is 2.61. The van der Waals surface area contributed by atoms with Gasteiger partial charge in [0.25, 0.3) is 0 Å². The maximum absolute atomic E-state index is 12.2. The van der Waals surface area contributed by atoms with Gasteiger partial charge in [-0.1, -0.05) is 20.3 Å². The zero-order chi connectivity index (χ0) is 18.1. The first-order valence-corrected chi connectivity index (χ1v) is 8.69. The standard InChI is InChI=1S/C19H23NO5/c1-3-10(2)16(18(22)23)20-9-14-15(21)8-7-12-11-5-4-6-13(11)19(24)25-17(12)14/h7-8,10,16,20-21H,3-6,9H2,1-2H3,(H,22,23).